The zero-order chi connectivity index (χ0) is 20.8. The van der Waals surface area contributed by atoms with Crippen molar-refractivity contribution >= 4 is 29.1 Å². The van der Waals surface area contributed by atoms with Gasteiger partial charge in [-0.2, -0.15) is 0 Å². The van der Waals surface area contributed by atoms with Crippen LogP contribution in [-0.2, 0) is 14.3 Å². The van der Waals surface area contributed by atoms with Crippen LogP contribution in [0.25, 0.3) is 5.57 Å². The van der Waals surface area contributed by atoms with Gasteiger partial charge in [0.15, 0.2) is 11.5 Å². The summed E-state index contributed by atoms with van der Waals surface area (Å²) in [5, 5.41) is 0. The topological polar surface area (TPSA) is 65.1 Å². The Balaban J connectivity index is 2.03. The van der Waals surface area contributed by atoms with E-state index in [1.807, 2.05) is 30.3 Å². The standard InChI is InChI=1S/C22H23NO5S/c1-26-13-7-12-23-21(24)19(15-10-11-17(27-2)18(14-15)28-3)20(22(23)25)29-16-8-5-4-6-9-16/h4-6,8-11,14H,7,12-13H2,1-3H3. The molecule has 0 aromatic heterocycles. The van der Waals surface area contributed by atoms with Gasteiger partial charge in [0.1, 0.15) is 0 Å². The number of carbonyl (C=O) groups excluding carboxylic acids is 2. The monoisotopic (exact) mass is 413 g/mol. The SMILES string of the molecule is COCCCN1C(=O)C(Sc2ccccc2)=C(c2ccc(OC)c(OC)c2)C1=O. The van der Waals surface area contributed by atoms with Crippen molar-refractivity contribution in [3.8, 4) is 11.5 Å². The molecule has 0 saturated carbocycles. The lowest BCUT2D eigenvalue weighted by Gasteiger charge is -2.15. The smallest absolute Gasteiger partial charge is 0.268 e. The lowest BCUT2D eigenvalue weighted by Crippen LogP contribution is -2.33. The predicted molar refractivity (Wildman–Crippen MR) is 112 cm³/mol. The summed E-state index contributed by atoms with van der Waals surface area (Å²) in [4.78, 5) is 28.9. The molecule has 0 spiro atoms. The van der Waals surface area contributed by atoms with Crippen LogP contribution < -0.4 is 9.47 Å². The minimum absolute atomic E-state index is 0.287. The number of methoxy groups -OCH3 is 3. The van der Waals surface area contributed by atoms with Crippen molar-refractivity contribution in [3.05, 3.63) is 59.0 Å². The number of ether oxygens (including phenoxy) is 3. The summed E-state index contributed by atoms with van der Waals surface area (Å²) in [6.45, 7) is 0.783. The molecule has 152 valence electrons. The molecule has 1 aliphatic heterocycles. The van der Waals surface area contributed by atoms with E-state index in [1.54, 1.807) is 32.4 Å². The molecule has 3 rings (SSSR count). The van der Waals surface area contributed by atoms with Gasteiger partial charge in [0.25, 0.3) is 11.8 Å². The lowest BCUT2D eigenvalue weighted by molar-refractivity contribution is -0.136. The largest absolute Gasteiger partial charge is 0.493 e. The van der Waals surface area contributed by atoms with E-state index in [1.165, 1.54) is 23.8 Å². The number of amides is 2. The summed E-state index contributed by atoms with van der Waals surface area (Å²) in [6.07, 6.45) is 0.580. The van der Waals surface area contributed by atoms with Crippen LogP contribution >= 0.6 is 11.8 Å². The van der Waals surface area contributed by atoms with E-state index in [-0.39, 0.29) is 11.8 Å². The second-order valence-corrected chi connectivity index (χ2v) is 7.38. The highest BCUT2D eigenvalue weighted by atomic mass is 32.2. The Morgan fingerprint density at radius 1 is 0.897 bits per heavy atom. The van der Waals surface area contributed by atoms with Crippen LogP contribution in [0.2, 0.25) is 0 Å². The molecule has 0 radical (unpaired) electrons. The zero-order valence-electron chi connectivity index (χ0n) is 16.6. The van der Waals surface area contributed by atoms with Gasteiger partial charge in [0, 0.05) is 25.2 Å². The van der Waals surface area contributed by atoms with E-state index < -0.39 is 0 Å². The zero-order valence-corrected chi connectivity index (χ0v) is 17.5. The fourth-order valence-electron chi connectivity index (χ4n) is 3.07. The Labute approximate surface area is 174 Å². The molecule has 6 nitrogen and oxygen atoms in total. The Bertz CT molecular complexity index is 926. The van der Waals surface area contributed by atoms with Gasteiger partial charge < -0.3 is 14.2 Å². The van der Waals surface area contributed by atoms with Crippen molar-refractivity contribution in [1.29, 1.82) is 0 Å². The molecule has 0 fully saturated rings. The predicted octanol–water partition coefficient (Wildman–Crippen LogP) is 3.61. The first-order chi connectivity index (χ1) is 14.1. The van der Waals surface area contributed by atoms with E-state index in [2.05, 4.69) is 0 Å². The van der Waals surface area contributed by atoms with E-state index in [0.717, 1.165) is 4.90 Å². The highest BCUT2D eigenvalue weighted by Gasteiger charge is 2.39. The molecule has 0 unspecified atom stereocenters. The van der Waals surface area contributed by atoms with Crippen LogP contribution in [0.1, 0.15) is 12.0 Å². The van der Waals surface area contributed by atoms with Crippen LogP contribution in [0.15, 0.2) is 58.3 Å². The van der Waals surface area contributed by atoms with E-state index in [0.29, 0.717) is 47.1 Å². The maximum atomic E-state index is 13.2. The number of imide groups is 1. The number of hydrogen-bond acceptors (Lipinski definition) is 6. The molecule has 0 bridgehead atoms. The number of hydrogen-bond donors (Lipinski definition) is 0. The summed E-state index contributed by atoms with van der Waals surface area (Å²) >= 11 is 1.30. The molecule has 0 aliphatic carbocycles. The first kappa shape index (κ1) is 21.0. The Morgan fingerprint density at radius 2 is 1.62 bits per heavy atom. The fraction of sp³-hybridized carbons (Fsp3) is 0.273. The van der Waals surface area contributed by atoms with Gasteiger partial charge in [0.05, 0.1) is 24.7 Å². The molecular weight excluding hydrogens is 390 g/mol. The fourth-order valence-corrected chi connectivity index (χ4v) is 4.10. The average Bonchev–Trinajstić information content (AvgIpc) is 2.98. The number of carbonyl (C=O) groups is 2. The second-order valence-electron chi connectivity index (χ2n) is 6.30. The van der Waals surface area contributed by atoms with Gasteiger partial charge in [-0.1, -0.05) is 36.0 Å². The highest BCUT2D eigenvalue weighted by molar-refractivity contribution is 8.04. The molecule has 29 heavy (non-hydrogen) atoms. The third kappa shape index (κ3) is 4.46. The molecule has 2 amide bonds. The maximum absolute atomic E-state index is 13.2. The highest BCUT2D eigenvalue weighted by Crippen LogP contribution is 2.41. The van der Waals surface area contributed by atoms with Crippen LogP contribution in [0.3, 0.4) is 0 Å². The molecule has 7 heteroatoms. The van der Waals surface area contributed by atoms with Crippen LogP contribution in [-0.4, -0.2) is 51.2 Å². The maximum Gasteiger partial charge on any atom is 0.268 e. The van der Waals surface area contributed by atoms with Crippen molar-refractivity contribution in [1.82, 2.24) is 4.90 Å². The van der Waals surface area contributed by atoms with Gasteiger partial charge in [-0.15, -0.1) is 0 Å². The summed E-state index contributed by atoms with van der Waals surface area (Å²) in [5.41, 5.74) is 0.996. The number of rotatable bonds is 9. The first-order valence-corrected chi connectivity index (χ1v) is 9.97. The summed E-state index contributed by atoms with van der Waals surface area (Å²) in [5.74, 6) is 0.462. The van der Waals surface area contributed by atoms with E-state index >= 15 is 0 Å². The summed E-state index contributed by atoms with van der Waals surface area (Å²) in [6, 6.07) is 14.8. The van der Waals surface area contributed by atoms with Gasteiger partial charge in [-0.25, -0.2) is 0 Å². The molecular formula is C22H23NO5S. The van der Waals surface area contributed by atoms with Gasteiger partial charge in [0.2, 0.25) is 0 Å². The molecule has 0 saturated heterocycles. The second kappa shape index (κ2) is 9.62. The average molecular weight is 413 g/mol. The molecule has 2 aromatic carbocycles. The van der Waals surface area contributed by atoms with Crippen molar-refractivity contribution in [3.63, 3.8) is 0 Å². The normalized spacial score (nSPS) is 14.0. The molecule has 0 N–H and O–H groups in total. The summed E-state index contributed by atoms with van der Waals surface area (Å²) in [7, 11) is 4.68. The molecule has 0 atom stereocenters. The van der Waals surface area contributed by atoms with Gasteiger partial charge in [-0.3, -0.25) is 14.5 Å². The minimum atomic E-state index is -0.309. The number of benzene rings is 2. The van der Waals surface area contributed by atoms with Crippen molar-refractivity contribution in [2.45, 2.75) is 11.3 Å². The van der Waals surface area contributed by atoms with Gasteiger partial charge in [-0.05, 0) is 36.2 Å². The molecule has 1 aliphatic rings. The van der Waals surface area contributed by atoms with Crippen molar-refractivity contribution < 1.29 is 23.8 Å². The third-order valence-electron chi connectivity index (χ3n) is 4.49. The Morgan fingerprint density at radius 3 is 2.28 bits per heavy atom. The minimum Gasteiger partial charge on any atom is -0.493 e. The molecule has 2 aromatic rings. The molecule has 1 heterocycles. The van der Waals surface area contributed by atoms with Crippen molar-refractivity contribution in [2.24, 2.45) is 0 Å². The Hall–Kier alpha value is -2.77. The quantitative estimate of drug-likeness (QED) is 0.462. The number of nitrogens with zero attached hydrogens (tertiary/aromatic N) is 1. The Kier molecular flexibility index (Phi) is 6.95. The number of thioether (sulfide) groups is 1. The van der Waals surface area contributed by atoms with Crippen molar-refractivity contribution in [2.75, 3.05) is 34.5 Å². The third-order valence-corrected chi connectivity index (χ3v) is 5.58. The summed E-state index contributed by atoms with van der Waals surface area (Å²) < 4.78 is 15.7. The first-order valence-electron chi connectivity index (χ1n) is 9.15. The van der Waals surface area contributed by atoms with Crippen LogP contribution in [0, 0.1) is 0 Å². The van der Waals surface area contributed by atoms with E-state index in [9.17, 15) is 9.59 Å². The van der Waals surface area contributed by atoms with Gasteiger partial charge >= 0.3 is 0 Å². The lowest BCUT2D eigenvalue weighted by atomic mass is 10.1. The van der Waals surface area contributed by atoms with Crippen LogP contribution in [0.4, 0.5) is 0 Å². The van der Waals surface area contributed by atoms with Crippen LogP contribution in [0.5, 0.6) is 11.5 Å². The van der Waals surface area contributed by atoms with E-state index in [4.69, 9.17) is 14.2 Å².